The summed E-state index contributed by atoms with van der Waals surface area (Å²) in [7, 11) is 0. The average molecular weight is 346 g/mol. The third-order valence-electron chi connectivity index (χ3n) is 2.93. The number of hydrogen-bond donors (Lipinski definition) is 2. The van der Waals surface area contributed by atoms with Crippen LogP contribution in [0.5, 0.6) is 0 Å². The maximum absolute atomic E-state index is 11.9. The van der Waals surface area contributed by atoms with Crippen LogP contribution >= 0.6 is 11.6 Å². The molecule has 0 bridgehead atoms. The van der Waals surface area contributed by atoms with Crippen molar-refractivity contribution in [3.8, 4) is 0 Å². The Balaban J connectivity index is 1.94. The zero-order valence-corrected chi connectivity index (χ0v) is 13.0. The summed E-state index contributed by atoms with van der Waals surface area (Å²) in [6.45, 7) is 0. The van der Waals surface area contributed by atoms with Crippen molar-refractivity contribution in [2.45, 2.75) is 0 Å². The molecular weight excluding hydrogens is 334 g/mol. The summed E-state index contributed by atoms with van der Waals surface area (Å²) >= 11 is 5.87. The summed E-state index contributed by atoms with van der Waals surface area (Å²) in [5.74, 6) is -1.15. The van der Waals surface area contributed by atoms with Gasteiger partial charge in [0.1, 0.15) is 0 Å². The lowest BCUT2D eigenvalue weighted by molar-refractivity contribution is -0.384. The molecule has 2 aromatic rings. The SMILES string of the molecule is O=C(/C=C/c1cccc([N+](=O)[O-])c1)NNC(=O)c1ccccc1Cl. The Labute approximate surface area is 142 Å². The number of amides is 2. The van der Waals surface area contributed by atoms with Crippen LogP contribution in [0, 0.1) is 10.1 Å². The minimum Gasteiger partial charge on any atom is -0.268 e. The minimum atomic E-state index is -0.595. The summed E-state index contributed by atoms with van der Waals surface area (Å²) in [5.41, 5.74) is 5.05. The van der Waals surface area contributed by atoms with Gasteiger partial charge in [-0.25, -0.2) is 0 Å². The highest BCUT2D eigenvalue weighted by Gasteiger charge is 2.09. The van der Waals surface area contributed by atoms with Gasteiger partial charge in [-0.2, -0.15) is 0 Å². The number of hydrogen-bond acceptors (Lipinski definition) is 4. The van der Waals surface area contributed by atoms with Gasteiger partial charge in [0.15, 0.2) is 0 Å². The Morgan fingerprint density at radius 2 is 1.83 bits per heavy atom. The first kappa shape index (κ1) is 17.2. The number of hydrazine groups is 1. The Morgan fingerprint density at radius 1 is 1.08 bits per heavy atom. The topological polar surface area (TPSA) is 101 Å². The second kappa shape index (κ2) is 7.89. The molecule has 0 aliphatic heterocycles. The highest BCUT2D eigenvalue weighted by atomic mass is 35.5. The van der Waals surface area contributed by atoms with E-state index in [-0.39, 0.29) is 16.3 Å². The van der Waals surface area contributed by atoms with E-state index < -0.39 is 16.7 Å². The number of halogens is 1. The summed E-state index contributed by atoms with van der Waals surface area (Å²) in [6, 6.07) is 12.2. The standard InChI is InChI=1S/C16H12ClN3O4/c17-14-7-2-1-6-13(14)16(22)19-18-15(21)9-8-11-4-3-5-12(10-11)20(23)24/h1-10H,(H,18,21)(H,19,22)/b9-8+. The molecule has 2 N–H and O–H groups in total. The Morgan fingerprint density at radius 3 is 2.54 bits per heavy atom. The van der Waals surface area contributed by atoms with Crippen molar-refractivity contribution >= 4 is 35.2 Å². The predicted molar refractivity (Wildman–Crippen MR) is 89.2 cm³/mol. The molecule has 0 aliphatic rings. The second-order valence-electron chi connectivity index (χ2n) is 4.61. The van der Waals surface area contributed by atoms with E-state index in [1.807, 2.05) is 0 Å². The van der Waals surface area contributed by atoms with Crippen LogP contribution < -0.4 is 10.9 Å². The number of nitrogens with zero attached hydrogens (tertiary/aromatic N) is 1. The van der Waals surface area contributed by atoms with E-state index in [1.54, 1.807) is 24.3 Å². The second-order valence-corrected chi connectivity index (χ2v) is 5.02. The zero-order chi connectivity index (χ0) is 17.5. The molecule has 0 fully saturated rings. The van der Waals surface area contributed by atoms with Gasteiger partial charge in [0.25, 0.3) is 17.5 Å². The molecule has 0 aliphatic carbocycles. The van der Waals surface area contributed by atoms with Crippen LogP contribution in [-0.4, -0.2) is 16.7 Å². The van der Waals surface area contributed by atoms with E-state index in [1.165, 1.54) is 30.3 Å². The fourth-order valence-electron chi connectivity index (χ4n) is 1.79. The normalized spacial score (nSPS) is 10.4. The van der Waals surface area contributed by atoms with Crippen LogP contribution in [0.1, 0.15) is 15.9 Å². The first-order valence-corrected chi connectivity index (χ1v) is 7.12. The molecule has 8 heteroatoms. The monoisotopic (exact) mass is 345 g/mol. The zero-order valence-electron chi connectivity index (χ0n) is 12.2. The first-order valence-electron chi connectivity index (χ1n) is 6.75. The number of non-ortho nitro benzene ring substituents is 1. The summed E-state index contributed by atoms with van der Waals surface area (Å²) in [4.78, 5) is 33.7. The lowest BCUT2D eigenvalue weighted by Gasteiger charge is -2.06. The van der Waals surface area contributed by atoms with Gasteiger partial charge in [-0.3, -0.25) is 30.6 Å². The van der Waals surface area contributed by atoms with Crippen molar-refractivity contribution in [1.29, 1.82) is 0 Å². The molecule has 0 saturated heterocycles. The molecule has 2 amide bonds. The molecule has 0 spiro atoms. The number of carbonyl (C=O) groups excluding carboxylic acids is 2. The van der Waals surface area contributed by atoms with Crippen LogP contribution in [-0.2, 0) is 4.79 Å². The number of nitro groups is 1. The van der Waals surface area contributed by atoms with E-state index in [2.05, 4.69) is 10.9 Å². The molecule has 0 saturated carbocycles. The molecule has 2 aromatic carbocycles. The predicted octanol–water partition coefficient (Wildman–Crippen LogP) is 2.72. The van der Waals surface area contributed by atoms with Crippen molar-refractivity contribution in [2.75, 3.05) is 0 Å². The minimum absolute atomic E-state index is 0.0791. The average Bonchev–Trinajstić information content (AvgIpc) is 2.58. The number of benzene rings is 2. The quantitative estimate of drug-likeness (QED) is 0.505. The van der Waals surface area contributed by atoms with Crippen molar-refractivity contribution in [2.24, 2.45) is 0 Å². The van der Waals surface area contributed by atoms with Gasteiger partial charge in [-0.1, -0.05) is 35.9 Å². The number of nitrogens with one attached hydrogen (secondary N) is 2. The third kappa shape index (κ3) is 4.65. The van der Waals surface area contributed by atoms with Gasteiger partial charge in [0.05, 0.1) is 15.5 Å². The lowest BCUT2D eigenvalue weighted by Crippen LogP contribution is -2.40. The van der Waals surface area contributed by atoms with Gasteiger partial charge in [0.2, 0.25) is 0 Å². The highest BCUT2D eigenvalue weighted by molar-refractivity contribution is 6.33. The number of carbonyl (C=O) groups is 2. The third-order valence-corrected chi connectivity index (χ3v) is 3.26. The summed E-state index contributed by atoms with van der Waals surface area (Å²) < 4.78 is 0. The molecular formula is C16H12ClN3O4. The summed E-state index contributed by atoms with van der Waals surface area (Å²) in [5, 5.41) is 10.9. The lowest BCUT2D eigenvalue weighted by atomic mass is 10.2. The maximum Gasteiger partial charge on any atom is 0.271 e. The van der Waals surface area contributed by atoms with Crippen LogP contribution in [0.4, 0.5) is 5.69 Å². The van der Waals surface area contributed by atoms with Crippen LogP contribution in [0.25, 0.3) is 6.08 Å². The van der Waals surface area contributed by atoms with Crippen molar-refractivity contribution in [1.82, 2.24) is 10.9 Å². The molecule has 0 aromatic heterocycles. The van der Waals surface area contributed by atoms with Gasteiger partial charge < -0.3 is 0 Å². The smallest absolute Gasteiger partial charge is 0.268 e. The van der Waals surface area contributed by atoms with E-state index in [0.717, 1.165) is 6.08 Å². The van der Waals surface area contributed by atoms with Crippen LogP contribution in [0.3, 0.4) is 0 Å². The van der Waals surface area contributed by atoms with E-state index >= 15 is 0 Å². The molecule has 0 heterocycles. The van der Waals surface area contributed by atoms with E-state index in [9.17, 15) is 19.7 Å². The van der Waals surface area contributed by atoms with Gasteiger partial charge in [-0.05, 0) is 23.8 Å². The Kier molecular flexibility index (Phi) is 5.64. The molecule has 0 unspecified atom stereocenters. The Bertz CT molecular complexity index is 820. The van der Waals surface area contributed by atoms with Gasteiger partial charge in [-0.15, -0.1) is 0 Å². The van der Waals surface area contributed by atoms with Crippen molar-refractivity contribution in [3.63, 3.8) is 0 Å². The summed E-state index contributed by atoms with van der Waals surface area (Å²) in [6.07, 6.45) is 2.54. The fraction of sp³-hybridized carbons (Fsp3) is 0. The molecule has 2 rings (SSSR count). The van der Waals surface area contributed by atoms with Crippen molar-refractivity contribution < 1.29 is 14.5 Å². The first-order chi connectivity index (χ1) is 11.5. The molecule has 7 nitrogen and oxygen atoms in total. The molecule has 0 atom stereocenters. The number of nitro benzene ring substituents is 1. The molecule has 122 valence electrons. The van der Waals surface area contributed by atoms with Crippen molar-refractivity contribution in [3.05, 3.63) is 80.9 Å². The largest absolute Gasteiger partial charge is 0.271 e. The van der Waals surface area contributed by atoms with Crippen LogP contribution in [0.15, 0.2) is 54.6 Å². The fourth-order valence-corrected chi connectivity index (χ4v) is 2.01. The maximum atomic E-state index is 11.9. The number of rotatable bonds is 4. The highest BCUT2D eigenvalue weighted by Crippen LogP contribution is 2.15. The molecule has 0 radical (unpaired) electrons. The molecule has 24 heavy (non-hydrogen) atoms. The van der Waals surface area contributed by atoms with Crippen LogP contribution in [0.2, 0.25) is 5.02 Å². The van der Waals surface area contributed by atoms with E-state index in [0.29, 0.717) is 5.56 Å². The van der Waals surface area contributed by atoms with Gasteiger partial charge in [0, 0.05) is 18.2 Å². The van der Waals surface area contributed by atoms with E-state index in [4.69, 9.17) is 11.6 Å². The Hall–Kier alpha value is -3.19. The van der Waals surface area contributed by atoms with Gasteiger partial charge >= 0.3 is 0 Å².